The van der Waals surface area contributed by atoms with Gasteiger partial charge in [-0.3, -0.25) is 0 Å². The van der Waals surface area contributed by atoms with Crippen LogP contribution < -0.4 is 4.90 Å². The fourth-order valence-electron chi connectivity index (χ4n) is 7.21. The molecule has 0 N–H and O–H groups in total. The van der Waals surface area contributed by atoms with Crippen LogP contribution >= 0.6 is 0 Å². The van der Waals surface area contributed by atoms with Crippen molar-refractivity contribution in [3.63, 3.8) is 0 Å². The third-order valence-electron chi connectivity index (χ3n) is 8.72. The zero-order valence-electron chi connectivity index (χ0n) is 22.6. The summed E-state index contributed by atoms with van der Waals surface area (Å²) < 4.78 is 0. The largest absolute Gasteiger partial charge is 0.310 e. The first kappa shape index (κ1) is 23.1. The summed E-state index contributed by atoms with van der Waals surface area (Å²) in [6.07, 6.45) is 3.95. The second kappa shape index (κ2) is 8.10. The maximum atomic E-state index is 2.49. The predicted molar refractivity (Wildman–Crippen MR) is 154 cm³/mol. The Balaban J connectivity index is 1.41. The molecule has 182 valence electrons. The second-order valence-electron chi connectivity index (χ2n) is 12.1. The lowest BCUT2D eigenvalue weighted by atomic mass is 9.77. The summed E-state index contributed by atoms with van der Waals surface area (Å²) in [4.78, 5) is 2.40. The summed E-state index contributed by atoms with van der Waals surface area (Å²) in [5, 5.41) is 0. The molecule has 0 spiro atoms. The van der Waals surface area contributed by atoms with E-state index in [9.17, 15) is 0 Å². The van der Waals surface area contributed by atoms with Crippen LogP contribution in [0.5, 0.6) is 0 Å². The summed E-state index contributed by atoms with van der Waals surface area (Å²) in [7, 11) is 0. The molecule has 0 radical (unpaired) electrons. The van der Waals surface area contributed by atoms with E-state index in [1.165, 1.54) is 69.7 Å². The van der Waals surface area contributed by atoms with Gasteiger partial charge in [0, 0.05) is 17.1 Å². The molecule has 2 aliphatic rings. The lowest BCUT2D eigenvalue weighted by Gasteiger charge is -2.28. The van der Waals surface area contributed by atoms with Gasteiger partial charge in [0.1, 0.15) is 0 Å². The summed E-state index contributed by atoms with van der Waals surface area (Å²) >= 11 is 0. The van der Waals surface area contributed by atoms with E-state index in [4.69, 9.17) is 0 Å². The minimum Gasteiger partial charge on any atom is -0.310 e. The number of hydrogen-bond acceptors (Lipinski definition) is 1. The molecule has 36 heavy (non-hydrogen) atoms. The highest BCUT2D eigenvalue weighted by Crippen LogP contribution is 2.60. The molecule has 1 fully saturated rings. The molecular formula is C35H37N. The van der Waals surface area contributed by atoms with Crippen LogP contribution in [0.1, 0.15) is 66.5 Å². The van der Waals surface area contributed by atoms with Gasteiger partial charge in [-0.15, -0.1) is 0 Å². The summed E-state index contributed by atoms with van der Waals surface area (Å²) in [5.41, 5.74) is 15.3. The molecule has 0 aromatic heterocycles. The molecule has 1 saturated carbocycles. The van der Waals surface area contributed by atoms with Crippen LogP contribution in [0.15, 0.2) is 78.9 Å². The Hall–Kier alpha value is -3.32. The number of nitrogens with zero attached hydrogens (tertiary/aromatic N) is 1. The van der Waals surface area contributed by atoms with Gasteiger partial charge in [-0.25, -0.2) is 0 Å². The Morgan fingerprint density at radius 1 is 0.500 bits per heavy atom. The van der Waals surface area contributed by atoms with E-state index in [-0.39, 0.29) is 0 Å². The molecule has 4 aromatic carbocycles. The summed E-state index contributed by atoms with van der Waals surface area (Å²) in [6.45, 7) is 13.7. The lowest BCUT2D eigenvalue weighted by molar-refractivity contribution is 0.484. The molecule has 2 unspecified atom stereocenters. The zero-order valence-corrected chi connectivity index (χ0v) is 22.6. The Labute approximate surface area is 216 Å². The molecular weight excluding hydrogens is 434 g/mol. The van der Waals surface area contributed by atoms with Crippen LogP contribution in [0.4, 0.5) is 17.1 Å². The molecule has 1 nitrogen and oxygen atoms in total. The number of benzene rings is 4. The second-order valence-corrected chi connectivity index (χ2v) is 12.1. The van der Waals surface area contributed by atoms with E-state index in [2.05, 4.69) is 125 Å². The van der Waals surface area contributed by atoms with Gasteiger partial charge in [0.05, 0.1) is 0 Å². The van der Waals surface area contributed by atoms with Gasteiger partial charge >= 0.3 is 0 Å². The van der Waals surface area contributed by atoms with Gasteiger partial charge in [-0.1, -0.05) is 56.3 Å². The van der Waals surface area contributed by atoms with E-state index in [0.29, 0.717) is 10.8 Å². The van der Waals surface area contributed by atoms with Crippen molar-refractivity contribution in [2.45, 2.75) is 71.6 Å². The van der Waals surface area contributed by atoms with Crippen LogP contribution in [0.3, 0.4) is 0 Å². The number of aryl methyl sites for hydroxylation is 4. The SMILES string of the molecule is Cc1cc(C)cc(N(c2ccc(-c3ccc4c(c3)C3(C)CCC4(C)C3)cc2)c2cc(C)cc(C)c2)c1. The first-order valence-corrected chi connectivity index (χ1v) is 13.4. The number of rotatable bonds is 4. The normalized spacial score (nSPS) is 22.1. The highest BCUT2D eigenvalue weighted by atomic mass is 15.1. The molecule has 0 aliphatic heterocycles. The summed E-state index contributed by atoms with van der Waals surface area (Å²) in [5.74, 6) is 0. The maximum absolute atomic E-state index is 2.49. The van der Waals surface area contributed by atoms with Crippen LogP contribution in [-0.2, 0) is 10.8 Å². The number of anilines is 3. The highest BCUT2D eigenvalue weighted by molar-refractivity contribution is 5.79. The molecule has 2 bridgehead atoms. The van der Waals surface area contributed by atoms with Crippen molar-refractivity contribution in [3.8, 4) is 11.1 Å². The van der Waals surface area contributed by atoms with Crippen LogP contribution in [0.25, 0.3) is 11.1 Å². The highest BCUT2D eigenvalue weighted by Gasteiger charge is 2.52. The molecule has 0 amide bonds. The van der Waals surface area contributed by atoms with Gasteiger partial charge in [0.15, 0.2) is 0 Å². The van der Waals surface area contributed by atoms with Crippen molar-refractivity contribution < 1.29 is 0 Å². The average molecular weight is 472 g/mol. The topological polar surface area (TPSA) is 3.24 Å². The van der Waals surface area contributed by atoms with Gasteiger partial charge < -0.3 is 4.90 Å². The number of fused-ring (bicyclic) bond motifs is 5. The smallest absolute Gasteiger partial charge is 0.0466 e. The Morgan fingerprint density at radius 2 is 0.972 bits per heavy atom. The number of hydrogen-bond donors (Lipinski definition) is 0. The quantitative estimate of drug-likeness (QED) is 0.286. The van der Waals surface area contributed by atoms with Gasteiger partial charge in [-0.2, -0.15) is 0 Å². The van der Waals surface area contributed by atoms with E-state index in [1.54, 1.807) is 11.1 Å². The predicted octanol–water partition coefficient (Wildman–Crippen LogP) is 9.77. The molecule has 0 saturated heterocycles. The van der Waals surface area contributed by atoms with Gasteiger partial charge in [0.2, 0.25) is 0 Å². The molecule has 1 heteroatoms. The third kappa shape index (κ3) is 3.77. The first-order chi connectivity index (χ1) is 17.1. The minimum absolute atomic E-state index is 0.350. The first-order valence-electron chi connectivity index (χ1n) is 13.4. The van der Waals surface area contributed by atoms with Crippen molar-refractivity contribution >= 4 is 17.1 Å². The van der Waals surface area contributed by atoms with Crippen molar-refractivity contribution in [2.75, 3.05) is 4.90 Å². The van der Waals surface area contributed by atoms with Crippen molar-refractivity contribution in [2.24, 2.45) is 0 Å². The van der Waals surface area contributed by atoms with Crippen LogP contribution in [0.2, 0.25) is 0 Å². The average Bonchev–Trinajstić information content (AvgIpc) is 3.25. The molecule has 6 rings (SSSR count). The fraction of sp³-hybridized carbons (Fsp3) is 0.314. The van der Waals surface area contributed by atoms with Crippen LogP contribution in [-0.4, -0.2) is 0 Å². The van der Waals surface area contributed by atoms with Crippen molar-refractivity contribution in [1.82, 2.24) is 0 Å². The third-order valence-corrected chi connectivity index (χ3v) is 8.72. The Bertz CT molecular complexity index is 1390. The van der Waals surface area contributed by atoms with Gasteiger partial charge in [0.25, 0.3) is 0 Å². The van der Waals surface area contributed by atoms with Gasteiger partial charge in [-0.05, 0) is 139 Å². The fourth-order valence-corrected chi connectivity index (χ4v) is 7.21. The van der Waals surface area contributed by atoms with E-state index >= 15 is 0 Å². The van der Waals surface area contributed by atoms with E-state index in [0.717, 1.165) is 0 Å². The van der Waals surface area contributed by atoms with Crippen molar-refractivity contribution in [3.05, 3.63) is 112 Å². The van der Waals surface area contributed by atoms with Crippen molar-refractivity contribution in [1.29, 1.82) is 0 Å². The molecule has 0 heterocycles. The zero-order chi connectivity index (χ0) is 25.2. The van der Waals surface area contributed by atoms with E-state index in [1.807, 2.05) is 0 Å². The Morgan fingerprint density at radius 3 is 1.50 bits per heavy atom. The van der Waals surface area contributed by atoms with E-state index < -0.39 is 0 Å². The molecule has 2 atom stereocenters. The molecule has 2 aliphatic carbocycles. The summed E-state index contributed by atoms with van der Waals surface area (Å²) in [6, 6.07) is 30.0. The monoisotopic (exact) mass is 471 g/mol. The minimum atomic E-state index is 0.350. The molecule has 4 aromatic rings. The standard InChI is InChI=1S/C35H37N/c1-23-15-24(2)18-30(17-23)36(31-19-25(3)16-26(4)20-31)29-10-7-27(8-11-29)28-9-12-32-33(21-28)35(6)14-13-34(32,5)22-35/h7-12,15-21H,13-14,22H2,1-6H3. The Kier molecular flexibility index (Phi) is 5.20. The lowest BCUT2D eigenvalue weighted by Crippen LogP contribution is -2.17. The van der Waals surface area contributed by atoms with Crippen LogP contribution in [0, 0.1) is 27.7 Å². The maximum Gasteiger partial charge on any atom is 0.0466 e.